The summed E-state index contributed by atoms with van der Waals surface area (Å²) in [5, 5.41) is 2.43. The fourth-order valence-electron chi connectivity index (χ4n) is 4.72. The summed E-state index contributed by atoms with van der Waals surface area (Å²) in [7, 11) is 0. The molecule has 5 aromatic rings. The van der Waals surface area contributed by atoms with Gasteiger partial charge >= 0.3 is 5.97 Å². The smallest absolute Gasteiger partial charge is 0.314 e. The van der Waals surface area contributed by atoms with Gasteiger partial charge < -0.3 is 9.72 Å². The number of aromatic nitrogens is 1. The molecule has 5 rings (SSSR count). The third-order valence-corrected chi connectivity index (χ3v) is 7.18. The first-order valence-corrected chi connectivity index (χ1v) is 12.7. The van der Waals surface area contributed by atoms with Crippen LogP contribution < -0.4 is 0 Å². The number of thioether (sulfide) groups is 1. The van der Waals surface area contributed by atoms with E-state index in [4.69, 9.17) is 4.74 Å². The highest BCUT2D eigenvalue weighted by Gasteiger charge is 2.28. The fourth-order valence-corrected chi connectivity index (χ4v) is 5.51. The molecule has 1 N–H and O–H groups in total. The van der Waals surface area contributed by atoms with Crippen LogP contribution in [0, 0.1) is 6.92 Å². The van der Waals surface area contributed by atoms with E-state index in [0.29, 0.717) is 6.42 Å². The zero-order valence-electron chi connectivity index (χ0n) is 19.4. The summed E-state index contributed by atoms with van der Waals surface area (Å²) in [6.07, 6.45) is 2.67. The Kier molecular flexibility index (Phi) is 6.41. The van der Waals surface area contributed by atoms with Crippen molar-refractivity contribution < 1.29 is 9.53 Å². The largest absolute Gasteiger partial charge is 0.460 e. The maximum Gasteiger partial charge on any atom is 0.314 e. The van der Waals surface area contributed by atoms with Gasteiger partial charge in [0.2, 0.25) is 0 Å². The molecular weight excluding hydrogens is 438 g/mol. The van der Waals surface area contributed by atoms with Crippen LogP contribution in [-0.4, -0.2) is 17.2 Å². The van der Waals surface area contributed by atoms with E-state index in [2.05, 4.69) is 54.6 Å². The Hall–Kier alpha value is -3.50. The molecule has 0 saturated heterocycles. The monoisotopic (exact) mass is 465 g/mol. The summed E-state index contributed by atoms with van der Waals surface area (Å²) in [4.78, 5) is 18.3. The highest BCUT2D eigenvalue weighted by atomic mass is 32.2. The van der Waals surface area contributed by atoms with Crippen LogP contribution in [0.2, 0.25) is 0 Å². The molecule has 4 heteroatoms. The minimum atomic E-state index is -0.400. The Morgan fingerprint density at radius 3 is 2.26 bits per heavy atom. The minimum Gasteiger partial charge on any atom is -0.460 e. The number of carbonyl (C=O) groups is 1. The predicted octanol–water partition coefficient (Wildman–Crippen LogP) is 7.42. The summed E-state index contributed by atoms with van der Waals surface area (Å²) in [6.45, 7) is 2.40. The summed E-state index contributed by atoms with van der Waals surface area (Å²) in [5.41, 5.74) is 6.49. The zero-order valence-corrected chi connectivity index (χ0v) is 20.2. The lowest BCUT2D eigenvalue weighted by molar-refractivity contribution is -0.146. The van der Waals surface area contributed by atoms with Crippen molar-refractivity contribution >= 4 is 39.5 Å². The van der Waals surface area contributed by atoms with Crippen molar-refractivity contribution in [2.24, 2.45) is 0 Å². The van der Waals surface area contributed by atoms with Gasteiger partial charge in [-0.1, -0.05) is 84.9 Å². The number of carbonyl (C=O) groups excluding carboxylic acids is 1. The molecule has 0 fully saturated rings. The number of hydrogen-bond acceptors (Lipinski definition) is 3. The number of para-hydroxylation sites is 1. The van der Waals surface area contributed by atoms with Gasteiger partial charge in [-0.2, -0.15) is 0 Å². The van der Waals surface area contributed by atoms with Crippen LogP contribution in [0.5, 0.6) is 0 Å². The van der Waals surface area contributed by atoms with Gasteiger partial charge in [-0.15, -0.1) is 11.8 Å². The van der Waals surface area contributed by atoms with Crippen molar-refractivity contribution in [3.8, 4) is 0 Å². The number of hydrogen-bond donors (Lipinski definition) is 1. The molecule has 4 aromatic carbocycles. The number of benzene rings is 4. The average molecular weight is 466 g/mol. The molecule has 1 unspecified atom stereocenters. The Morgan fingerprint density at radius 2 is 1.56 bits per heavy atom. The van der Waals surface area contributed by atoms with Crippen molar-refractivity contribution in [3.05, 3.63) is 113 Å². The van der Waals surface area contributed by atoms with Gasteiger partial charge in [-0.05, 0) is 47.9 Å². The van der Waals surface area contributed by atoms with Gasteiger partial charge in [0.05, 0.1) is 11.4 Å². The number of aromatic amines is 1. The fraction of sp³-hybridized carbons (Fsp3) is 0.167. The molecule has 0 aliphatic heterocycles. The molecule has 1 atom stereocenters. The van der Waals surface area contributed by atoms with Gasteiger partial charge in [0, 0.05) is 21.2 Å². The van der Waals surface area contributed by atoms with Crippen molar-refractivity contribution in [3.63, 3.8) is 0 Å². The lowest BCUT2D eigenvalue weighted by Crippen LogP contribution is -2.19. The van der Waals surface area contributed by atoms with E-state index in [1.165, 1.54) is 10.8 Å². The molecule has 170 valence electrons. The Balaban J connectivity index is 1.60. The second kappa shape index (κ2) is 9.78. The van der Waals surface area contributed by atoms with Crippen molar-refractivity contribution in [2.45, 2.75) is 30.8 Å². The first-order chi connectivity index (χ1) is 16.7. The first-order valence-electron chi connectivity index (χ1n) is 11.5. The SMILES string of the molecule is CSc1c(C(Cc2ccccc2)C(=O)OCc2ccccc2)cc(C)c2c1[nH]c1ccccc12. The number of aryl methyl sites for hydroxylation is 1. The number of rotatable bonds is 7. The maximum atomic E-state index is 13.6. The van der Waals surface area contributed by atoms with Crippen molar-refractivity contribution in [1.29, 1.82) is 0 Å². The molecule has 0 spiro atoms. The maximum absolute atomic E-state index is 13.6. The number of ether oxygens (including phenoxy) is 1. The van der Waals surface area contributed by atoms with Gasteiger partial charge in [-0.3, -0.25) is 4.79 Å². The summed E-state index contributed by atoms with van der Waals surface area (Å²) in [5.74, 6) is -0.596. The number of esters is 1. The second-order valence-electron chi connectivity index (χ2n) is 8.57. The van der Waals surface area contributed by atoms with Crippen LogP contribution in [0.3, 0.4) is 0 Å². The highest BCUT2D eigenvalue weighted by Crippen LogP contribution is 2.40. The third kappa shape index (κ3) is 4.34. The Morgan fingerprint density at radius 1 is 0.912 bits per heavy atom. The standard InChI is InChI=1S/C30H27NO2S/c1-20-17-24(29(34-2)28-27(20)23-15-9-10-16-26(23)31-28)25(18-21-11-5-3-6-12-21)30(32)33-19-22-13-7-4-8-14-22/h3-17,25,31H,18-19H2,1-2H3. The molecule has 0 aliphatic carbocycles. The molecule has 0 amide bonds. The van der Waals surface area contributed by atoms with Crippen molar-refractivity contribution in [2.75, 3.05) is 6.26 Å². The van der Waals surface area contributed by atoms with Crippen LogP contribution in [0.4, 0.5) is 0 Å². The predicted molar refractivity (Wildman–Crippen MR) is 141 cm³/mol. The normalized spacial score (nSPS) is 12.2. The van der Waals surface area contributed by atoms with Gasteiger partial charge in [0.25, 0.3) is 0 Å². The van der Waals surface area contributed by atoms with E-state index in [-0.39, 0.29) is 12.6 Å². The first kappa shape index (κ1) is 22.3. The summed E-state index contributed by atoms with van der Waals surface area (Å²) >= 11 is 1.68. The number of nitrogens with one attached hydrogen (secondary N) is 1. The zero-order chi connectivity index (χ0) is 23.5. The van der Waals surface area contributed by atoms with E-state index >= 15 is 0 Å². The van der Waals surface area contributed by atoms with E-state index in [1.54, 1.807) is 11.8 Å². The topological polar surface area (TPSA) is 42.1 Å². The molecule has 0 saturated carbocycles. The van der Waals surface area contributed by atoms with E-state index < -0.39 is 5.92 Å². The van der Waals surface area contributed by atoms with Gasteiger partial charge in [0.15, 0.2) is 0 Å². The average Bonchev–Trinajstić information content (AvgIpc) is 3.27. The molecular formula is C30H27NO2S. The minimum absolute atomic E-state index is 0.196. The molecule has 0 radical (unpaired) electrons. The number of fused-ring (bicyclic) bond motifs is 3. The van der Waals surface area contributed by atoms with Gasteiger partial charge in [-0.25, -0.2) is 0 Å². The molecule has 0 aliphatic rings. The van der Waals surface area contributed by atoms with Crippen LogP contribution in [-0.2, 0) is 22.6 Å². The quantitative estimate of drug-likeness (QED) is 0.201. The summed E-state index contributed by atoms with van der Waals surface area (Å²) in [6, 6.07) is 30.6. The van der Waals surface area contributed by atoms with Crippen LogP contribution in [0.15, 0.2) is 95.9 Å². The highest BCUT2D eigenvalue weighted by molar-refractivity contribution is 7.98. The molecule has 1 aromatic heterocycles. The van der Waals surface area contributed by atoms with Crippen LogP contribution in [0.25, 0.3) is 21.8 Å². The Labute approximate surface area is 204 Å². The molecule has 1 heterocycles. The lowest BCUT2D eigenvalue weighted by atomic mass is 9.89. The van der Waals surface area contributed by atoms with E-state index in [1.807, 2.05) is 54.6 Å². The van der Waals surface area contributed by atoms with E-state index in [9.17, 15) is 4.79 Å². The molecule has 0 bridgehead atoms. The summed E-state index contributed by atoms with van der Waals surface area (Å²) < 4.78 is 5.87. The number of H-pyrrole nitrogens is 1. The van der Waals surface area contributed by atoms with Gasteiger partial charge in [0.1, 0.15) is 6.61 Å². The van der Waals surface area contributed by atoms with E-state index in [0.717, 1.165) is 38.2 Å². The van der Waals surface area contributed by atoms with Crippen LogP contribution >= 0.6 is 11.8 Å². The molecule has 34 heavy (non-hydrogen) atoms. The second-order valence-corrected chi connectivity index (χ2v) is 9.39. The molecule has 3 nitrogen and oxygen atoms in total. The third-order valence-electron chi connectivity index (χ3n) is 6.33. The Bertz CT molecular complexity index is 1440. The lowest BCUT2D eigenvalue weighted by Gasteiger charge is -2.21. The van der Waals surface area contributed by atoms with Crippen molar-refractivity contribution in [1.82, 2.24) is 4.98 Å². The van der Waals surface area contributed by atoms with Crippen LogP contribution in [0.1, 0.15) is 28.2 Å².